The number of methoxy groups -OCH3 is 1. The highest BCUT2D eigenvalue weighted by atomic mass is 16.5. The minimum Gasteiger partial charge on any atom is -0.497 e. The second-order valence-corrected chi connectivity index (χ2v) is 7.68. The summed E-state index contributed by atoms with van der Waals surface area (Å²) in [4.78, 5) is 26.8. The molecule has 3 aromatic heterocycles. The maximum atomic E-state index is 12.8. The smallest absolute Gasteiger partial charge is 0.255 e. The van der Waals surface area contributed by atoms with Crippen LogP contribution in [0.2, 0.25) is 0 Å². The molecule has 0 saturated carbocycles. The van der Waals surface area contributed by atoms with Crippen molar-refractivity contribution in [1.29, 1.82) is 0 Å². The summed E-state index contributed by atoms with van der Waals surface area (Å²) in [6.07, 6.45) is 6.32. The van der Waals surface area contributed by atoms with E-state index in [9.17, 15) is 4.79 Å². The van der Waals surface area contributed by atoms with Gasteiger partial charge in [-0.15, -0.1) is 0 Å². The molecule has 30 heavy (non-hydrogen) atoms. The molecule has 4 heterocycles. The molecule has 7 nitrogen and oxygen atoms in total. The summed E-state index contributed by atoms with van der Waals surface area (Å²) >= 11 is 0. The van der Waals surface area contributed by atoms with Crippen molar-refractivity contribution in [2.75, 3.05) is 13.7 Å². The molecule has 7 heteroatoms. The van der Waals surface area contributed by atoms with E-state index in [0.29, 0.717) is 12.4 Å². The summed E-state index contributed by atoms with van der Waals surface area (Å²) in [6.45, 7) is 2.23. The van der Waals surface area contributed by atoms with E-state index in [1.54, 1.807) is 19.5 Å². The van der Waals surface area contributed by atoms with Gasteiger partial charge < -0.3 is 14.3 Å². The van der Waals surface area contributed by atoms with Gasteiger partial charge in [0.05, 0.1) is 18.4 Å². The molecule has 152 valence electrons. The van der Waals surface area contributed by atoms with Crippen LogP contribution in [0.1, 0.15) is 16.8 Å². The fourth-order valence-electron chi connectivity index (χ4n) is 4.21. The third kappa shape index (κ3) is 3.27. The fourth-order valence-corrected chi connectivity index (χ4v) is 4.21. The number of ether oxygens (including phenoxy) is 1. The summed E-state index contributed by atoms with van der Waals surface area (Å²) in [5, 5.41) is 1.18. The van der Waals surface area contributed by atoms with Crippen LogP contribution in [0.3, 0.4) is 0 Å². The van der Waals surface area contributed by atoms with Crippen molar-refractivity contribution in [2.45, 2.75) is 19.5 Å². The lowest BCUT2D eigenvalue weighted by atomic mass is 10.1. The molecule has 0 aliphatic carbocycles. The molecule has 0 amide bonds. The number of aromatic amines is 1. The first-order valence-corrected chi connectivity index (χ1v) is 9.99. The zero-order valence-electron chi connectivity index (χ0n) is 17.1. The summed E-state index contributed by atoms with van der Waals surface area (Å²) in [5.74, 6) is 1.46. The van der Waals surface area contributed by atoms with Gasteiger partial charge in [0.2, 0.25) is 0 Å². The maximum Gasteiger partial charge on any atom is 0.255 e. The third-order valence-corrected chi connectivity index (χ3v) is 5.77. The molecule has 1 aliphatic rings. The van der Waals surface area contributed by atoms with Crippen molar-refractivity contribution in [1.82, 2.24) is 24.4 Å². The van der Waals surface area contributed by atoms with Crippen LogP contribution in [0, 0.1) is 0 Å². The first-order chi connectivity index (χ1) is 14.6. The van der Waals surface area contributed by atoms with Crippen LogP contribution in [-0.4, -0.2) is 38.1 Å². The molecular formula is C23H23N5O2. The van der Waals surface area contributed by atoms with Crippen molar-refractivity contribution in [3.63, 3.8) is 0 Å². The topological polar surface area (TPSA) is 76.0 Å². The van der Waals surface area contributed by atoms with Gasteiger partial charge in [-0.1, -0.05) is 0 Å². The molecule has 4 aromatic rings. The molecule has 1 aromatic carbocycles. The Morgan fingerprint density at radius 1 is 1.20 bits per heavy atom. The highest BCUT2D eigenvalue weighted by molar-refractivity contribution is 5.85. The number of H-pyrrole nitrogens is 1. The molecule has 0 bridgehead atoms. The van der Waals surface area contributed by atoms with Crippen LogP contribution in [0.25, 0.3) is 22.3 Å². The minimum atomic E-state index is -0.0592. The molecule has 0 atom stereocenters. The van der Waals surface area contributed by atoms with E-state index in [-0.39, 0.29) is 5.56 Å². The highest BCUT2D eigenvalue weighted by Gasteiger charge is 2.22. The SMILES string of the molecule is COc1ccc2c(c1)c(CN1CCc3nc(-c4ccncc4)[nH]c(=O)c3C1)cn2C. The van der Waals surface area contributed by atoms with E-state index in [2.05, 4.69) is 44.8 Å². The maximum absolute atomic E-state index is 12.8. The van der Waals surface area contributed by atoms with Crippen LogP contribution in [0.4, 0.5) is 0 Å². The van der Waals surface area contributed by atoms with Crippen molar-refractivity contribution < 1.29 is 4.74 Å². The number of nitrogens with zero attached hydrogens (tertiary/aromatic N) is 4. The first-order valence-electron chi connectivity index (χ1n) is 9.99. The molecule has 5 rings (SSSR count). The molecule has 0 unspecified atom stereocenters. The van der Waals surface area contributed by atoms with Gasteiger partial charge in [-0.2, -0.15) is 0 Å². The number of nitrogens with one attached hydrogen (secondary N) is 1. The predicted molar refractivity (Wildman–Crippen MR) is 115 cm³/mol. The van der Waals surface area contributed by atoms with Gasteiger partial charge in [0, 0.05) is 68.2 Å². The summed E-state index contributed by atoms with van der Waals surface area (Å²) in [5.41, 5.74) is 4.86. The van der Waals surface area contributed by atoms with Crippen LogP contribution >= 0.6 is 0 Å². The Bertz CT molecular complexity index is 1280. The lowest BCUT2D eigenvalue weighted by Gasteiger charge is -2.27. The predicted octanol–water partition coefficient (Wildman–Crippen LogP) is 2.89. The standard InChI is InChI=1S/C23H23N5O2/c1-27-12-16(18-11-17(30-2)3-4-21(18)27)13-28-10-7-20-19(14-28)23(29)26-22(25-20)15-5-8-24-9-6-15/h3-6,8-9,11-12H,7,10,13-14H2,1-2H3,(H,25,26,29). The van der Waals surface area contributed by atoms with Gasteiger partial charge in [-0.3, -0.25) is 14.7 Å². The van der Waals surface area contributed by atoms with Crippen LogP contribution in [-0.2, 0) is 26.6 Å². The monoisotopic (exact) mass is 401 g/mol. The highest BCUT2D eigenvalue weighted by Crippen LogP contribution is 2.28. The number of aromatic nitrogens is 4. The average Bonchev–Trinajstić information content (AvgIpc) is 3.09. The van der Waals surface area contributed by atoms with Crippen LogP contribution in [0.5, 0.6) is 5.75 Å². The molecule has 0 saturated heterocycles. The lowest BCUT2D eigenvalue weighted by molar-refractivity contribution is 0.242. The van der Waals surface area contributed by atoms with Gasteiger partial charge in [0.1, 0.15) is 11.6 Å². The largest absolute Gasteiger partial charge is 0.497 e. The van der Waals surface area contributed by atoms with Gasteiger partial charge in [0.25, 0.3) is 5.56 Å². The van der Waals surface area contributed by atoms with Crippen molar-refractivity contribution in [2.24, 2.45) is 7.05 Å². The molecule has 1 aliphatic heterocycles. The third-order valence-electron chi connectivity index (χ3n) is 5.77. The van der Waals surface area contributed by atoms with Crippen molar-refractivity contribution in [3.05, 3.63) is 76.1 Å². The number of rotatable bonds is 4. The van der Waals surface area contributed by atoms with E-state index >= 15 is 0 Å². The Labute approximate surface area is 174 Å². The Kier molecular flexibility index (Phi) is 4.59. The first kappa shape index (κ1) is 18.6. The van der Waals surface area contributed by atoms with Crippen molar-refractivity contribution >= 4 is 10.9 Å². The van der Waals surface area contributed by atoms with Gasteiger partial charge in [0.15, 0.2) is 0 Å². The second-order valence-electron chi connectivity index (χ2n) is 7.68. The molecule has 1 N–H and O–H groups in total. The Balaban J connectivity index is 1.43. The van der Waals surface area contributed by atoms with E-state index in [4.69, 9.17) is 9.72 Å². The Morgan fingerprint density at radius 2 is 2.03 bits per heavy atom. The minimum absolute atomic E-state index is 0.0592. The zero-order valence-corrected chi connectivity index (χ0v) is 17.1. The molecule has 0 fully saturated rings. The van der Waals surface area contributed by atoms with E-state index in [0.717, 1.165) is 42.1 Å². The second kappa shape index (κ2) is 7.42. The quantitative estimate of drug-likeness (QED) is 0.569. The zero-order chi connectivity index (χ0) is 20.7. The summed E-state index contributed by atoms with van der Waals surface area (Å²) in [7, 11) is 3.74. The molecular weight excluding hydrogens is 378 g/mol. The van der Waals surface area contributed by atoms with Gasteiger partial charge >= 0.3 is 0 Å². The van der Waals surface area contributed by atoms with E-state index in [1.807, 2.05) is 18.2 Å². The number of benzene rings is 1. The van der Waals surface area contributed by atoms with Crippen LogP contribution in [0.15, 0.2) is 53.7 Å². The number of hydrogen-bond donors (Lipinski definition) is 1. The van der Waals surface area contributed by atoms with E-state index in [1.165, 1.54) is 16.5 Å². The molecule has 0 radical (unpaired) electrons. The lowest BCUT2D eigenvalue weighted by Crippen LogP contribution is -2.35. The van der Waals surface area contributed by atoms with Gasteiger partial charge in [-0.25, -0.2) is 4.98 Å². The molecule has 0 spiro atoms. The number of fused-ring (bicyclic) bond motifs is 2. The normalized spacial score (nSPS) is 14.1. The van der Waals surface area contributed by atoms with E-state index < -0.39 is 0 Å². The number of pyridine rings is 1. The summed E-state index contributed by atoms with van der Waals surface area (Å²) < 4.78 is 7.54. The van der Waals surface area contributed by atoms with Gasteiger partial charge in [-0.05, 0) is 35.9 Å². The van der Waals surface area contributed by atoms with Crippen LogP contribution < -0.4 is 10.3 Å². The average molecular weight is 401 g/mol. The fraction of sp³-hybridized carbons (Fsp3) is 0.261. The number of aryl methyl sites for hydroxylation is 1. The van der Waals surface area contributed by atoms with Crippen molar-refractivity contribution in [3.8, 4) is 17.1 Å². The summed E-state index contributed by atoms with van der Waals surface area (Å²) in [6, 6.07) is 9.86. The number of hydrogen-bond acceptors (Lipinski definition) is 5. The Hall–Kier alpha value is -3.45. The Morgan fingerprint density at radius 3 is 2.83 bits per heavy atom.